The Morgan fingerprint density at radius 3 is 2.53 bits per heavy atom. The normalized spacial score (nSPS) is 11.1. The molecule has 2 N–H and O–H groups in total. The molecule has 0 amide bonds. The Morgan fingerprint density at radius 1 is 1.06 bits per heavy atom. The molecule has 0 bridgehead atoms. The van der Waals surface area contributed by atoms with E-state index >= 15 is 0 Å². The molecule has 0 radical (unpaired) electrons. The van der Waals surface area contributed by atoms with E-state index < -0.39 is 10.0 Å². The molecule has 0 spiro atoms. The molecule has 0 fully saturated rings. The number of methoxy groups -OCH3 is 1. The highest BCUT2D eigenvalue weighted by molar-refractivity contribution is 7.92. The molecule has 8 nitrogen and oxygen atoms in total. The summed E-state index contributed by atoms with van der Waals surface area (Å²) in [5, 5.41) is 11.4. The molecule has 1 heterocycles. The largest absolute Gasteiger partial charge is 0.495 e. The van der Waals surface area contributed by atoms with Gasteiger partial charge in [0, 0.05) is 11.3 Å². The fourth-order valence-electron chi connectivity index (χ4n) is 3.19. The van der Waals surface area contributed by atoms with Crippen molar-refractivity contribution in [2.45, 2.75) is 11.8 Å². The Bertz CT molecular complexity index is 1430. The number of nitrogens with zero attached hydrogens (tertiary/aromatic N) is 2. The number of benzene rings is 3. The van der Waals surface area contributed by atoms with Crippen molar-refractivity contribution in [3.63, 3.8) is 0 Å². The minimum Gasteiger partial charge on any atom is -0.495 e. The third-order valence-electron chi connectivity index (χ3n) is 4.91. The average Bonchev–Trinajstić information content (AvgIpc) is 3.33. The second kappa shape index (κ2) is 9.58. The first kappa shape index (κ1) is 23.3. The number of nitrogens with one attached hydrogen (secondary N) is 2. The first-order chi connectivity index (χ1) is 16.3. The molecule has 174 valence electrons. The SMILES string of the molecule is C=C(Nc1ccc(OC)c(S(=O)(=O)Nc2c(C)cccc2Cl)c1)c1nnc(-c2ccccc2)o1. The van der Waals surface area contributed by atoms with Gasteiger partial charge in [0.05, 0.1) is 23.5 Å². The summed E-state index contributed by atoms with van der Waals surface area (Å²) in [4.78, 5) is -0.0809. The molecule has 3 aromatic carbocycles. The van der Waals surface area contributed by atoms with E-state index in [0.29, 0.717) is 28.5 Å². The van der Waals surface area contributed by atoms with E-state index in [1.807, 2.05) is 30.3 Å². The number of para-hydroxylation sites is 1. The average molecular weight is 497 g/mol. The van der Waals surface area contributed by atoms with Crippen molar-refractivity contribution in [3.8, 4) is 17.2 Å². The molecule has 0 aliphatic heterocycles. The van der Waals surface area contributed by atoms with Crippen LogP contribution in [-0.4, -0.2) is 25.7 Å². The Kier molecular flexibility index (Phi) is 6.58. The highest BCUT2D eigenvalue weighted by Crippen LogP contribution is 2.33. The van der Waals surface area contributed by atoms with Gasteiger partial charge in [-0.15, -0.1) is 10.2 Å². The lowest BCUT2D eigenvalue weighted by atomic mass is 10.2. The monoisotopic (exact) mass is 496 g/mol. The molecular weight excluding hydrogens is 476 g/mol. The van der Waals surface area contributed by atoms with Crippen LogP contribution in [0, 0.1) is 6.92 Å². The quantitative estimate of drug-likeness (QED) is 0.327. The number of rotatable bonds is 8. The molecule has 4 aromatic rings. The van der Waals surface area contributed by atoms with Gasteiger partial charge >= 0.3 is 0 Å². The Morgan fingerprint density at radius 2 is 1.82 bits per heavy atom. The van der Waals surface area contributed by atoms with Crippen LogP contribution in [0.15, 0.2) is 82.6 Å². The molecule has 4 rings (SSSR count). The molecule has 1 aromatic heterocycles. The summed E-state index contributed by atoms with van der Waals surface area (Å²) in [6, 6.07) is 19.0. The first-order valence-corrected chi connectivity index (χ1v) is 12.0. The summed E-state index contributed by atoms with van der Waals surface area (Å²) in [6.07, 6.45) is 0. The maximum absolute atomic E-state index is 13.2. The molecular formula is C24H21ClN4O4S. The zero-order chi connectivity index (χ0) is 24.3. The van der Waals surface area contributed by atoms with Gasteiger partial charge in [-0.25, -0.2) is 8.42 Å². The number of anilines is 2. The van der Waals surface area contributed by atoms with Crippen molar-refractivity contribution < 1.29 is 17.6 Å². The molecule has 0 unspecified atom stereocenters. The standard InChI is InChI=1S/C24H21ClN4O4S/c1-15-8-7-11-19(25)22(15)29-34(30,31)21-14-18(12-13-20(21)32-3)26-16(2)23-27-28-24(33-23)17-9-5-4-6-10-17/h4-14,26,29H,2H2,1,3H3. The van der Waals surface area contributed by atoms with E-state index in [1.165, 1.54) is 19.2 Å². The minimum atomic E-state index is -4.04. The molecule has 0 saturated carbocycles. The number of hydrogen-bond acceptors (Lipinski definition) is 7. The van der Waals surface area contributed by atoms with Crippen LogP contribution < -0.4 is 14.8 Å². The van der Waals surface area contributed by atoms with Gasteiger partial charge in [-0.05, 0) is 48.9 Å². The van der Waals surface area contributed by atoms with Gasteiger partial charge < -0.3 is 14.5 Å². The van der Waals surface area contributed by atoms with Gasteiger partial charge in [-0.1, -0.05) is 48.5 Å². The molecule has 0 atom stereocenters. The highest BCUT2D eigenvalue weighted by atomic mass is 35.5. The lowest BCUT2D eigenvalue weighted by Crippen LogP contribution is -2.15. The van der Waals surface area contributed by atoms with E-state index in [9.17, 15) is 8.42 Å². The highest BCUT2D eigenvalue weighted by Gasteiger charge is 2.23. The van der Waals surface area contributed by atoms with Crippen molar-refractivity contribution in [2.75, 3.05) is 17.1 Å². The van der Waals surface area contributed by atoms with Gasteiger partial charge in [0.15, 0.2) is 0 Å². The van der Waals surface area contributed by atoms with E-state index in [4.69, 9.17) is 20.8 Å². The summed E-state index contributed by atoms with van der Waals surface area (Å²) in [7, 11) is -2.64. The predicted molar refractivity (Wildman–Crippen MR) is 132 cm³/mol. The fraction of sp³-hybridized carbons (Fsp3) is 0.0833. The Hall–Kier alpha value is -3.82. The van der Waals surface area contributed by atoms with Gasteiger partial charge in [-0.3, -0.25) is 4.72 Å². The van der Waals surface area contributed by atoms with Crippen LogP contribution in [0.5, 0.6) is 5.75 Å². The molecule has 34 heavy (non-hydrogen) atoms. The topological polar surface area (TPSA) is 106 Å². The van der Waals surface area contributed by atoms with E-state index in [-0.39, 0.29) is 21.6 Å². The zero-order valence-electron chi connectivity index (χ0n) is 18.4. The van der Waals surface area contributed by atoms with E-state index in [2.05, 4.69) is 26.8 Å². The Labute approximate surface area is 202 Å². The third kappa shape index (κ3) is 4.90. The van der Waals surface area contributed by atoms with Gasteiger partial charge in [-0.2, -0.15) is 0 Å². The van der Waals surface area contributed by atoms with Gasteiger partial charge in [0.1, 0.15) is 10.6 Å². The number of halogens is 1. The molecule has 10 heteroatoms. The molecule has 0 aliphatic rings. The lowest BCUT2D eigenvalue weighted by molar-refractivity contribution is 0.403. The number of hydrogen-bond donors (Lipinski definition) is 2. The smallest absolute Gasteiger partial charge is 0.265 e. The lowest BCUT2D eigenvalue weighted by Gasteiger charge is -2.16. The number of ether oxygens (including phenoxy) is 1. The molecule has 0 saturated heterocycles. The van der Waals surface area contributed by atoms with Crippen molar-refractivity contribution in [3.05, 3.63) is 89.8 Å². The van der Waals surface area contributed by atoms with Crippen LogP contribution in [0.2, 0.25) is 5.02 Å². The van der Waals surface area contributed by atoms with Crippen LogP contribution in [0.25, 0.3) is 17.2 Å². The van der Waals surface area contributed by atoms with Crippen LogP contribution in [0.4, 0.5) is 11.4 Å². The first-order valence-electron chi connectivity index (χ1n) is 10.1. The van der Waals surface area contributed by atoms with Gasteiger partial charge in [0.25, 0.3) is 15.9 Å². The molecule has 0 aliphatic carbocycles. The summed E-state index contributed by atoms with van der Waals surface area (Å²) in [5.41, 5.74) is 2.49. The summed E-state index contributed by atoms with van der Waals surface area (Å²) < 4.78 is 40.0. The van der Waals surface area contributed by atoms with Crippen molar-refractivity contribution in [1.82, 2.24) is 10.2 Å². The van der Waals surface area contributed by atoms with E-state index in [1.54, 1.807) is 31.2 Å². The van der Waals surface area contributed by atoms with Crippen molar-refractivity contribution >= 4 is 38.7 Å². The van der Waals surface area contributed by atoms with Crippen molar-refractivity contribution in [1.29, 1.82) is 0 Å². The van der Waals surface area contributed by atoms with Crippen LogP contribution in [0.1, 0.15) is 11.5 Å². The maximum Gasteiger partial charge on any atom is 0.265 e. The summed E-state index contributed by atoms with van der Waals surface area (Å²) in [6.45, 7) is 5.69. The van der Waals surface area contributed by atoms with Crippen LogP contribution in [0.3, 0.4) is 0 Å². The second-order valence-corrected chi connectivity index (χ2v) is 9.34. The Balaban J connectivity index is 1.60. The fourth-order valence-corrected chi connectivity index (χ4v) is 4.86. The second-order valence-electron chi connectivity index (χ2n) is 7.28. The van der Waals surface area contributed by atoms with Gasteiger partial charge in [0.2, 0.25) is 5.89 Å². The number of aromatic nitrogens is 2. The summed E-state index contributed by atoms with van der Waals surface area (Å²) >= 11 is 6.21. The maximum atomic E-state index is 13.2. The zero-order valence-corrected chi connectivity index (χ0v) is 19.9. The van der Waals surface area contributed by atoms with Crippen LogP contribution >= 0.6 is 11.6 Å². The number of aryl methyl sites for hydroxylation is 1. The van der Waals surface area contributed by atoms with E-state index in [0.717, 1.165) is 5.56 Å². The predicted octanol–water partition coefficient (Wildman–Crippen LogP) is 5.59. The summed E-state index contributed by atoms with van der Waals surface area (Å²) in [5.74, 6) is 0.678. The van der Waals surface area contributed by atoms with Crippen molar-refractivity contribution in [2.24, 2.45) is 0 Å². The minimum absolute atomic E-state index is 0.0809. The third-order valence-corrected chi connectivity index (χ3v) is 6.60. The van der Waals surface area contributed by atoms with Crippen LogP contribution in [-0.2, 0) is 10.0 Å². The number of sulfonamides is 1.